The van der Waals surface area contributed by atoms with E-state index >= 15 is 0 Å². The lowest BCUT2D eigenvalue weighted by Crippen LogP contribution is -2.11. The second kappa shape index (κ2) is 6.03. The van der Waals surface area contributed by atoms with E-state index in [0.717, 1.165) is 0 Å². The topological polar surface area (TPSA) is 73.1 Å². The Hall–Kier alpha value is -1.91. The molecule has 0 aliphatic heterocycles. The van der Waals surface area contributed by atoms with E-state index < -0.39 is 5.24 Å². The molecule has 1 aromatic heterocycles. The quantitative estimate of drug-likeness (QED) is 0.695. The zero-order valence-corrected chi connectivity index (χ0v) is 11.8. The summed E-state index contributed by atoms with van der Waals surface area (Å²) in [5.74, 6) is -0.253. The van der Waals surface area contributed by atoms with Crippen molar-refractivity contribution in [1.82, 2.24) is 4.98 Å². The average molecular weight is 309 g/mol. The number of Topliss-reactive ketones (excluding diaryl/α,β-unsaturated/α-hetero) is 1. The molecule has 0 amide bonds. The van der Waals surface area contributed by atoms with Gasteiger partial charge in [0.05, 0.1) is 5.69 Å². The van der Waals surface area contributed by atoms with E-state index in [1.807, 2.05) is 0 Å². The van der Waals surface area contributed by atoms with Gasteiger partial charge in [0.15, 0.2) is 5.78 Å². The molecule has 2 aromatic rings. The van der Waals surface area contributed by atoms with Crippen molar-refractivity contribution in [2.24, 2.45) is 0 Å². The molecule has 6 heteroatoms. The van der Waals surface area contributed by atoms with Crippen molar-refractivity contribution in [2.75, 3.05) is 5.73 Å². The molecule has 0 aliphatic rings. The van der Waals surface area contributed by atoms with E-state index in [1.165, 1.54) is 12.3 Å². The number of hydrogen-bond acceptors (Lipinski definition) is 4. The van der Waals surface area contributed by atoms with Gasteiger partial charge in [-0.05, 0) is 29.3 Å². The molecule has 0 radical (unpaired) electrons. The maximum atomic E-state index is 12.2. The third kappa shape index (κ3) is 2.98. The number of anilines is 1. The molecule has 0 aliphatic carbocycles. The first-order valence-corrected chi connectivity index (χ1v) is 6.47. The highest BCUT2D eigenvalue weighted by atomic mass is 35.5. The zero-order chi connectivity index (χ0) is 14.7. The van der Waals surface area contributed by atoms with Crippen molar-refractivity contribution in [3.05, 3.63) is 58.4 Å². The van der Waals surface area contributed by atoms with Gasteiger partial charge in [0.1, 0.15) is 5.69 Å². The summed E-state index contributed by atoms with van der Waals surface area (Å²) in [5.41, 5.74) is 6.53. The van der Waals surface area contributed by atoms with Crippen LogP contribution >= 0.6 is 23.2 Å². The number of nitrogen functional groups attached to an aromatic ring is 1. The molecule has 1 aromatic carbocycles. The van der Waals surface area contributed by atoms with Crippen LogP contribution in [0.25, 0.3) is 0 Å². The highest BCUT2D eigenvalue weighted by molar-refractivity contribution is 6.68. The number of aromatic nitrogens is 1. The molecule has 0 atom stereocenters. The molecular formula is C14H10Cl2N2O2. The fourth-order valence-electron chi connectivity index (χ4n) is 1.78. The Labute approximate surface area is 125 Å². The van der Waals surface area contributed by atoms with Crippen LogP contribution in [-0.2, 0) is 6.42 Å². The Balaban J connectivity index is 2.33. The van der Waals surface area contributed by atoms with Crippen molar-refractivity contribution in [3.8, 4) is 0 Å². The number of carbonyl (C=O) groups is 2. The summed E-state index contributed by atoms with van der Waals surface area (Å²) in [7, 11) is 0. The minimum atomic E-state index is -0.796. The van der Waals surface area contributed by atoms with E-state index in [4.69, 9.17) is 28.9 Å². The van der Waals surface area contributed by atoms with Crippen LogP contribution < -0.4 is 5.73 Å². The van der Waals surface area contributed by atoms with Crippen LogP contribution in [0.4, 0.5) is 5.69 Å². The molecule has 102 valence electrons. The molecule has 0 saturated heterocycles. The van der Waals surface area contributed by atoms with Crippen LogP contribution in [0, 0.1) is 0 Å². The fraction of sp³-hybridized carbons (Fsp3) is 0.0714. The summed E-state index contributed by atoms with van der Waals surface area (Å²) in [5, 5.41) is -0.294. The van der Waals surface area contributed by atoms with Crippen molar-refractivity contribution < 1.29 is 9.59 Å². The molecule has 2 N–H and O–H groups in total. The van der Waals surface area contributed by atoms with Crippen LogP contribution in [-0.4, -0.2) is 16.0 Å². The second-order valence-corrected chi connectivity index (χ2v) is 4.84. The summed E-state index contributed by atoms with van der Waals surface area (Å²) < 4.78 is 0. The van der Waals surface area contributed by atoms with Gasteiger partial charge >= 0.3 is 0 Å². The summed E-state index contributed by atoms with van der Waals surface area (Å²) >= 11 is 11.4. The maximum absolute atomic E-state index is 12.2. The van der Waals surface area contributed by atoms with Gasteiger partial charge < -0.3 is 5.73 Å². The molecule has 2 rings (SSSR count). The van der Waals surface area contributed by atoms with Gasteiger partial charge in [-0.2, -0.15) is 0 Å². The van der Waals surface area contributed by atoms with Gasteiger partial charge in [-0.1, -0.05) is 29.8 Å². The lowest BCUT2D eigenvalue weighted by Gasteiger charge is -2.07. The van der Waals surface area contributed by atoms with Crippen LogP contribution in [0.5, 0.6) is 0 Å². The van der Waals surface area contributed by atoms with E-state index in [9.17, 15) is 9.59 Å². The number of ketones is 1. The minimum absolute atomic E-state index is 0.00967. The van der Waals surface area contributed by atoms with Crippen molar-refractivity contribution in [3.63, 3.8) is 0 Å². The van der Waals surface area contributed by atoms with Crippen LogP contribution in [0.1, 0.15) is 26.4 Å². The summed E-state index contributed by atoms with van der Waals surface area (Å²) in [6.07, 6.45) is 1.41. The third-order valence-electron chi connectivity index (χ3n) is 2.79. The smallest absolute Gasteiger partial charge is 0.272 e. The number of carbonyl (C=O) groups excluding carboxylic acids is 2. The van der Waals surface area contributed by atoms with Crippen molar-refractivity contribution >= 4 is 39.9 Å². The van der Waals surface area contributed by atoms with Crippen LogP contribution in [0.2, 0.25) is 5.02 Å². The van der Waals surface area contributed by atoms with Crippen molar-refractivity contribution in [2.45, 2.75) is 6.42 Å². The Morgan fingerprint density at radius 3 is 2.55 bits per heavy atom. The third-order valence-corrected chi connectivity index (χ3v) is 3.33. The molecule has 0 saturated carbocycles. The molecular weight excluding hydrogens is 299 g/mol. The largest absolute Gasteiger partial charge is 0.396 e. The Morgan fingerprint density at radius 2 is 1.90 bits per heavy atom. The number of hydrogen-bond donors (Lipinski definition) is 1. The standard InChI is InChI=1S/C14H10Cl2N2O2/c15-10-4-2-1-3-8(10)7-11(19)9-5-6-18-13(12(9)17)14(16)20/h1-6H,7,17H2. The maximum Gasteiger partial charge on any atom is 0.272 e. The summed E-state index contributed by atoms with van der Waals surface area (Å²) in [6, 6.07) is 8.48. The molecule has 0 unspecified atom stereocenters. The lowest BCUT2D eigenvalue weighted by molar-refractivity contribution is 0.0993. The average Bonchev–Trinajstić information content (AvgIpc) is 2.41. The lowest BCUT2D eigenvalue weighted by atomic mass is 10.0. The Morgan fingerprint density at radius 1 is 1.20 bits per heavy atom. The SMILES string of the molecule is Nc1c(C(=O)Cc2ccccc2Cl)ccnc1C(=O)Cl. The highest BCUT2D eigenvalue weighted by Gasteiger charge is 2.17. The van der Waals surface area contributed by atoms with E-state index in [0.29, 0.717) is 10.6 Å². The van der Waals surface area contributed by atoms with Gasteiger partial charge in [-0.15, -0.1) is 0 Å². The number of nitrogens with two attached hydrogens (primary N) is 1. The number of benzene rings is 1. The second-order valence-electron chi connectivity index (χ2n) is 4.09. The summed E-state index contributed by atoms with van der Waals surface area (Å²) in [6.45, 7) is 0. The molecule has 0 spiro atoms. The molecule has 4 nitrogen and oxygen atoms in total. The number of pyridine rings is 1. The first-order chi connectivity index (χ1) is 9.50. The van der Waals surface area contributed by atoms with Crippen LogP contribution in [0.15, 0.2) is 36.5 Å². The first kappa shape index (κ1) is 14.5. The zero-order valence-electron chi connectivity index (χ0n) is 10.3. The van der Waals surface area contributed by atoms with Gasteiger partial charge in [0, 0.05) is 23.2 Å². The van der Waals surface area contributed by atoms with Crippen LogP contribution in [0.3, 0.4) is 0 Å². The van der Waals surface area contributed by atoms with E-state index in [-0.39, 0.29) is 29.1 Å². The molecule has 20 heavy (non-hydrogen) atoms. The number of nitrogens with zero attached hydrogens (tertiary/aromatic N) is 1. The minimum Gasteiger partial charge on any atom is -0.396 e. The first-order valence-electron chi connectivity index (χ1n) is 5.71. The predicted octanol–water partition coefficient (Wildman–Crippen LogP) is 3.12. The predicted molar refractivity (Wildman–Crippen MR) is 78.3 cm³/mol. The number of halogens is 2. The Bertz CT molecular complexity index is 687. The normalized spacial score (nSPS) is 10.3. The van der Waals surface area contributed by atoms with Gasteiger partial charge in [0.25, 0.3) is 5.24 Å². The highest BCUT2D eigenvalue weighted by Crippen LogP contribution is 2.21. The van der Waals surface area contributed by atoms with Gasteiger partial charge in [-0.3, -0.25) is 9.59 Å². The van der Waals surface area contributed by atoms with E-state index in [1.54, 1.807) is 24.3 Å². The Kier molecular flexibility index (Phi) is 4.37. The molecule has 0 bridgehead atoms. The number of rotatable bonds is 4. The fourth-order valence-corrected chi connectivity index (χ4v) is 2.14. The molecule has 1 heterocycles. The molecule has 0 fully saturated rings. The van der Waals surface area contributed by atoms with Gasteiger partial charge in [0.2, 0.25) is 0 Å². The van der Waals surface area contributed by atoms with E-state index in [2.05, 4.69) is 4.98 Å². The van der Waals surface area contributed by atoms with Gasteiger partial charge in [-0.25, -0.2) is 4.98 Å². The monoisotopic (exact) mass is 308 g/mol. The summed E-state index contributed by atoms with van der Waals surface area (Å²) in [4.78, 5) is 27.1. The van der Waals surface area contributed by atoms with Crippen molar-refractivity contribution in [1.29, 1.82) is 0 Å².